The summed E-state index contributed by atoms with van der Waals surface area (Å²) < 4.78 is 25.9. The highest BCUT2D eigenvalue weighted by molar-refractivity contribution is 5.09. The average molecular weight is 212 g/mol. The first-order valence-electron chi connectivity index (χ1n) is 5.26. The van der Waals surface area contributed by atoms with Crippen LogP contribution in [0.4, 0.5) is 8.78 Å². The van der Waals surface area contributed by atoms with Crippen molar-refractivity contribution in [2.75, 3.05) is 13.1 Å². The van der Waals surface area contributed by atoms with Crippen LogP contribution in [0.5, 0.6) is 0 Å². The molecule has 0 unspecified atom stereocenters. The maximum Gasteiger partial charge on any atom is 0.147 e. The molecule has 4 heteroatoms. The van der Waals surface area contributed by atoms with E-state index in [2.05, 4.69) is 10.3 Å². The Balaban J connectivity index is 2.03. The highest BCUT2D eigenvalue weighted by Crippen LogP contribution is 2.18. The molecule has 1 saturated heterocycles. The molecular formula is C11H14F2N2. The van der Waals surface area contributed by atoms with Crippen LogP contribution in [0.3, 0.4) is 0 Å². The SMILES string of the molecule is Fc1cnc(CC2CCNCC2)c(F)c1. The number of rotatable bonds is 2. The van der Waals surface area contributed by atoms with Crippen LogP contribution in [0.2, 0.25) is 0 Å². The predicted octanol–water partition coefficient (Wildman–Crippen LogP) is 1.90. The smallest absolute Gasteiger partial charge is 0.147 e. The molecule has 2 nitrogen and oxygen atoms in total. The lowest BCUT2D eigenvalue weighted by Gasteiger charge is -2.22. The molecule has 0 bridgehead atoms. The van der Waals surface area contributed by atoms with E-state index in [0.717, 1.165) is 38.2 Å². The van der Waals surface area contributed by atoms with Gasteiger partial charge in [0.1, 0.15) is 11.6 Å². The first-order valence-corrected chi connectivity index (χ1v) is 5.26. The number of hydrogen-bond acceptors (Lipinski definition) is 2. The Morgan fingerprint density at radius 1 is 1.33 bits per heavy atom. The van der Waals surface area contributed by atoms with Crippen LogP contribution >= 0.6 is 0 Å². The minimum Gasteiger partial charge on any atom is -0.317 e. The number of piperidine rings is 1. The highest BCUT2D eigenvalue weighted by Gasteiger charge is 2.16. The van der Waals surface area contributed by atoms with E-state index < -0.39 is 11.6 Å². The molecule has 0 saturated carbocycles. The van der Waals surface area contributed by atoms with E-state index in [1.807, 2.05) is 0 Å². The van der Waals surface area contributed by atoms with Gasteiger partial charge in [0.15, 0.2) is 0 Å². The molecule has 1 aliphatic heterocycles. The topological polar surface area (TPSA) is 24.9 Å². The first-order chi connectivity index (χ1) is 7.25. The quantitative estimate of drug-likeness (QED) is 0.810. The summed E-state index contributed by atoms with van der Waals surface area (Å²) in [6.45, 7) is 1.96. The van der Waals surface area contributed by atoms with Crippen molar-refractivity contribution in [1.82, 2.24) is 10.3 Å². The van der Waals surface area contributed by atoms with Crippen LogP contribution in [0.15, 0.2) is 12.3 Å². The van der Waals surface area contributed by atoms with Crippen molar-refractivity contribution in [2.24, 2.45) is 5.92 Å². The molecule has 0 spiro atoms. The zero-order valence-corrected chi connectivity index (χ0v) is 8.47. The van der Waals surface area contributed by atoms with E-state index in [-0.39, 0.29) is 0 Å². The fraction of sp³-hybridized carbons (Fsp3) is 0.545. The lowest BCUT2D eigenvalue weighted by Crippen LogP contribution is -2.29. The highest BCUT2D eigenvalue weighted by atomic mass is 19.1. The van der Waals surface area contributed by atoms with Gasteiger partial charge in [0, 0.05) is 6.07 Å². The van der Waals surface area contributed by atoms with E-state index in [9.17, 15) is 8.78 Å². The molecule has 1 aromatic heterocycles. The molecule has 0 amide bonds. The Morgan fingerprint density at radius 2 is 2.07 bits per heavy atom. The third-order valence-electron chi connectivity index (χ3n) is 2.82. The molecule has 1 N–H and O–H groups in total. The molecule has 2 rings (SSSR count). The van der Waals surface area contributed by atoms with E-state index in [1.54, 1.807) is 0 Å². The number of nitrogens with zero attached hydrogens (tertiary/aromatic N) is 1. The van der Waals surface area contributed by atoms with Gasteiger partial charge in [0.05, 0.1) is 11.9 Å². The zero-order valence-electron chi connectivity index (χ0n) is 8.47. The predicted molar refractivity (Wildman–Crippen MR) is 53.5 cm³/mol. The van der Waals surface area contributed by atoms with E-state index in [4.69, 9.17) is 0 Å². The number of pyridine rings is 1. The van der Waals surface area contributed by atoms with Crippen LogP contribution in [-0.2, 0) is 6.42 Å². The third kappa shape index (κ3) is 2.72. The van der Waals surface area contributed by atoms with Crippen LogP contribution in [0.1, 0.15) is 18.5 Å². The van der Waals surface area contributed by atoms with Crippen LogP contribution < -0.4 is 5.32 Å². The molecule has 0 aromatic carbocycles. The third-order valence-corrected chi connectivity index (χ3v) is 2.82. The minimum atomic E-state index is -0.610. The molecule has 1 fully saturated rings. The maximum atomic E-state index is 13.3. The summed E-state index contributed by atoms with van der Waals surface area (Å²) in [6, 6.07) is 0.906. The van der Waals surface area contributed by atoms with Crippen LogP contribution in [-0.4, -0.2) is 18.1 Å². The molecule has 0 radical (unpaired) electrons. The van der Waals surface area contributed by atoms with Crippen LogP contribution in [0, 0.1) is 17.6 Å². The van der Waals surface area contributed by atoms with Crippen molar-refractivity contribution in [3.05, 3.63) is 29.6 Å². The van der Waals surface area contributed by atoms with Crippen LogP contribution in [0.25, 0.3) is 0 Å². The fourth-order valence-corrected chi connectivity index (χ4v) is 1.95. The van der Waals surface area contributed by atoms with Gasteiger partial charge >= 0.3 is 0 Å². The van der Waals surface area contributed by atoms with Crippen molar-refractivity contribution < 1.29 is 8.78 Å². The Labute approximate surface area is 87.7 Å². The molecule has 1 aromatic rings. The number of halogens is 2. The van der Waals surface area contributed by atoms with Crippen molar-refractivity contribution in [1.29, 1.82) is 0 Å². The summed E-state index contributed by atoms with van der Waals surface area (Å²) >= 11 is 0. The van der Waals surface area contributed by atoms with Gasteiger partial charge in [-0.05, 0) is 38.3 Å². The van der Waals surface area contributed by atoms with Gasteiger partial charge in [-0.1, -0.05) is 0 Å². The van der Waals surface area contributed by atoms with Gasteiger partial charge in [-0.2, -0.15) is 0 Å². The van der Waals surface area contributed by atoms with Crippen molar-refractivity contribution in [3.63, 3.8) is 0 Å². The summed E-state index contributed by atoms with van der Waals surface area (Å²) in [5.41, 5.74) is 0.392. The largest absolute Gasteiger partial charge is 0.317 e. The zero-order chi connectivity index (χ0) is 10.7. The van der Waals surface area contributed by atoms with Crippen molar-refractivity contribution >= 4 is 0 Å². The molecular weight excluding hydrogens is 198 g/mol. The maximum absolute atomic E-state index is 13.3. The number of hydrogen-bond donors (Lipinski definition) is 1. The van der Waals surface area contributed by atoms with Gasteiger partial charge in [-0.25, -0.2) is 8.78 Å². The minimum absolute atomic E-state index is 0.392. The Kier molecular flexibility index (Phi) is 3.26. The van der Waals surface area contributed by atoms with Crippen molar-refractivity contribution in [3.8, 4) is 0 Å². The first kappa shape index (κ1) is 10.5. The molecule has 82 valence electrons. The monoisotopic (exact) mass is 212 g/mol. The second-order valence-corrected chi connectivity index (χ2v) is 3.98. The molecule has 1 aliphatic rings. The standard InChI is InChI=1S/C11H14F2N2/c12-9-6-10(13)11(15-7-9)5-8-1-3-14-4-2-8/h6-8,14H,1-5H2. The summed E-state index contributed by atoms with van der Waals surface area (Å²) in [7, 11) is 0. The normalized spacial score (nSPS) is 18.0. The molecule has 0 aliphatic carbocycles. The van der Waals surface area contributed by atoms with Gasteiger partial charge in [-0.3, -0.25) is 4.98 Å². The molecule has 0 atom stereocenters. The second-order valence-electron chi connectivity index (χ2n) is 3.98. The van der Waals surface area contributed by atoms with Gasteiger partial charge in [-0.15, -0.1) is 0 Å². The lowest BCUT2D eigenvalue weighted by atomic mass is 9.93. The molecule has 2 heterocycles. The van der Waals surface area contributed by atoms with Gasteiger partial charge in [0.2, 0.25) is 0 Å². The summed E-state index contributed by atoms with van der Waals surface area (Å²) in [5.74, 6) is -0.659. The average Bonchev–Trinajstić information content (AvgIpc) is 2.24. The summed E-state index contributed by atoms with van der Waals surface area (Å²) in [5, 5.41) is 3.25. The number of nitrogens with one attached hydrogen (secondary N) is 1. The Bertz CT molecular complexity index is 335. The van der Waals surface area contributed by atoms with Gasteiger partial charge in [0.25, 0.3) is 0 Å². The fourth-order valence-electron chi connectivity index (χ4n) is 1.95. The summed E-state index contributed by atoms with van der Waals surface area (Å²) in [6.07, 6.45) is 3.78. The van der Waals surface area contributed by atoms with E-state index in [1.165, 1.54) is 0 Å². The summed E-state index contributed by atoms with van der Waals surface area (Å²) in [4.78, 5) is 3.80. The van der Waals surface area contributed by atoms with Crippen molar-refractivity contribution in [2.45, 2.75) is 19.3 Å². The Morgan fingerprint density at radius 3 is 2.73 bits per heavy atom. The van der Waals surface area contributed by atoms with E-state index in [0.29, 0.717) is 18.0 Å². The van der Waals surface area contributed by atoms with Gasteiger partial charge < -0.3 is 5.32 Å². The van der Waals surface area contributed by atoms with E-state index >= 15 is 0 Å². The Hall–Kier alpha value is -1.03. The lowest BCUT2D eigenvalue weighted by molar-refractivity contribution is 0.364. The number of aromatic nitrogens is 1. The second kappa shape index (κ2) is 4.66. The molecule has 15 heavy (non-hydrogen) atoms.